The number of aliphatic hydroxyl groups excluding tert-OH is 2. The molecule has 0 spiro atoms. The molecule has 28 heavy (non-hydrogen) atoms. The summed E-state index contributed by atoms with van der Waals surface area (Å²) < 4.78 is 12.1. The van der Waals surface area contributed by atoms with Crippen molar-refractivity contribution in [3.8, 4) is 0 Å². The number of hydrogen-bond acceptors (Lipinski definition) is 4. The zero-order valence-electron chi connectivity index (χ0n) is 17.5. The van der Waals surface area contributed by atoms with Crippen LogP contribution >= 0.6 is 0 Å². The number of fused-ring (bicyclic) bond motifs is 5. The van der Waals surface area contributed by atoms with Crippen LogP contribution in [0.2, 0.25) is 0 Å². The molecule has 5 rings (SSSR count). The van der Waals surface area contributed by atoms with Gasteiger partial charge in [-0.3, -0.25) is 0 Å². The molecule has 4 nitrogen and oxygen atoms in total. The molecule has 7 atom stereocenters. The van der Waals surface area contributed by atoms with Crippen molar-refractivity contribution in [1.29, 1.82) is 0 Å². The zero-order valence-corrected chi connectivity index (χ0v) is 22.2. The van der Waals surface area contributed by atoms with Crippen molar-refractivity contribution >= 4 is 0 Å². The second-order valence-corrected chi connectivity index (χ2v) is 10.2. The van der Waals surface area contributed by atoms with Crippen molar-refractivity contribution in [2.45, 2.75) is 77.3 Å². The van der Waals surface area contributed by atoms with Gasteiger partial charge in [-0.15, -0.1) is 0 Å². The molecular weight excluding hydrogens is 567 g/mol. The predicted octanol–water partition coefficient (Wildman–Crippen LogP) is 3.58. The first-order valence-electron chi connectivity index (χ1n) is 10.8. The van der Waals surface area contributed by atoms with Gasteiger partial charge in [-0.05, 0) is 62.7 Å². The average Bonchev–Trinajstić information content (AvgIpc) is 3.22. The molecule has 1 radical (unpaired) electrons. The minimum atomic E-state index is -0.588. The maximum absolute atomic E-state index is 11.5. The maximum Gasteiger partial charge on any atom is 0.169 e. The third-order valence-electron chi connectivity index (χ3n) is 9.09. The number of aliphatic hydroxyl groups is 2. The van der Waals surface area contributed by atoms with Crippen LogP contribution in [0.25, 0.3) is 0 Å². The zero-order chi connectivity index (χ0) is 19.0. The van der Waals surface area contributed by atoms with Crippen molar-refractivity contribution in [3.63, 3.8) is 0 Å². The Hall–Kier alpha value is 0.762. The fourth-order valence-corrected chi connectivity index (χ4v) is 7.46. The first-order chi connectivity index (χ1) is 12.8. The van der Waals surface area contributed by atoms with E-state index in [1.165, 1.54) is 11.1 Å². The number of ether oxygens (including phenoxy) is 2. The van der Waals surface area contributed by atoms with E-state index in [0.29, 0.717) is 25.0 Å². The summed E-state index contributed by atoms with van der Waals surface area (Å²) in [6.07, 6.45) is 9.80. The topological polar surface area (TPSA) is 58.9 Å². The molecule has 2 saturated carbocycles. The largest absolute Gasteiger partial charge is 0.393 e. The molecule has 0 aromatic rings. The van der Waals surface area contributed by atoms with Gasteiger partial charge in [0.1, 0.15) is 0 Å². The van der Waals surface area contributed by atoms with Crippen molar-refractivity contribution in [2.75, 3.05) is 13.2 Å². The summed E-state index contributed by atoms with van der Waals surface area (Å²) in [5.41, 5.74) is 2.73. The van der Waals surface area contributed by atoms with Gasteiger partial charge in [-0.2, -0.15) is 0 Å². The van der Waals surface area contributed by atoms with Gasteiger partial charge in [-0.1, -0.05) is 37.1 Å². The molecule has 0 bridgehead atoms. The molecule has 0 aromatic heterocycles. The molecule has 153 valence electrons. The summed E-state index contributed by atoms with van der Waals surface area (Å²) in [5, 5.41) is 21.6. The van der Waals surface area contributed by atoms with Crippen LogP contribution in [0.4, 0.5) is 0 Å². The van der Waals surface area contributed by atoms with Crippen LogP contribution in [0, 0.1) is 72.6 Å². The minimum Gasteiger partial charge on any atom is -0.393 e. The quantitative estimate of drug-likeness (QED) is 0.452. The van der Waals surface area contributed by atoms with Gasteiger partial charge in [0.2, 0.25) is 0 Å². The average molecular weight is 602 g/mol. The summed E-state index contributed by atoms with van der Waals surface area (Å²) in [6.45, 7) is 7.99. The molecule has 5 heteroatoms. The molecule has 3 fully saturated rings. The number of hydrogen-bond donors (Lipinski definition) is 2. The summed E-state index contributed by atoms with van der Waals surface area (Å²) in [7, 11) is 0. The Morgan fingerprint density at radius 1 is 1.04 bits per heavy atom. The summed E-state index contributed by atoms with van der Waals surface area (Å²) in [6, 6.07) is 0. The van der Waals surface area contributed by atoms with E-state index in [4.69, 9.17) is 9.47 Å². The molecule has 1 aliphatic heterocycles. The summed E-state index contributed by atoms with van der Waals surface area (Å²) in [4.78, 5) is 0. The standard InChI is InChI=1S/C23H34O4.Ac/c1-21-9-8-15(24)12-14(21)4-5-16-17-6-7-19(23(3)26-10-11-27-23)22(17,2)20(25)13-18(16)21;/h4,6,15-16,18-20,24-25H,5,7-13H2,1-3H3;/t15?,16?,18?,19?,20?,21-,22-;/m0./s1. The Balaban J connectivity index is 0.00000192. The van der Waals surface area contributed by atoms with E-state index in [0.717, 1.165) is 38.5 Å². The molecule has 4 aliphatic carbocycles. The van der Waals surface area contributed by atoms with Crippen LogP contribution < -0.4 is 0 Å². The van der Waals surface area contributed by atoms with Gasteiger partial charge in [0.05, 0.1) is 25.4 Å². The van der Waals surface area contributed by atoms with Crippen molar-refractivity contribution in [2.24, 2.45) is 28.6 Å². The van der Waals surface area contributed by atoms with Gasteiger partial charge >= 0.3 is 0 Å². The van der Waals surface area contributed by atoms with Crippen molar-refractivity contribution in [3.05, 3.63) is 23.3 Å². The van der Waals surface area contributed by atoms with E-state index < -0.39 is 5.79 Å². The van der Waals surface area contributed by atoms with Gasteiger partial charge in [-0.25, -0.2) is 0 Å². The van der Waals surface area contributed by atoms with E-state index in [1.807, 2.05) is 0 Å². The maximum atomic E-state index is 11.5. The van der Waals surface area contributed by atoms with Crippen LogP contribution in [-0.4, -0.2) is 41.4 Å². The van der Waals surface area contributed by atoms with E-state index in [2.05, 4.69) is 32.9 Å². The Morgan fingerprint density at radius 3 is 2.46 bits per heavy atom. The Morgan fingerprint density at radius 2 is 1.75 bits per heavy atom. The van der Waals surface area contributed by atoms with Crippen LogP contribution in [0.5, 0.6) is 0 Å². The number of allylic oxidation sites excluding steroid dienone is 2. The first-order valence-corrected chi connectivity index (χ1v) is 10.8. The van der Waals surface area contributed by atoms with Crippen LogP contribution in [0.15, 0.2) is 23.3 Å². The SMILES string of the molecule is CC1(C2CC=C3C4CC=C5CC(O)CC[C@]5(C)C4CC(O)[C@@]32C)OCCO1.[Ac]. The smallest absolute Gasteiger partial charge is 0.169 e. The van der Waals surface area contributed by atoms with Crippen molar-refractivity contribution < 1.29 is 63.7 Å². The molecule has 2 N–H and O–H groups in total. The van der Waals surface area contributed by atoms with Gasteiger partial charge in [0.15, 0.2) is 5.79 Å². The van der Waals surface area contributed by atoms with E-state index in [-0.39, 0.29) is 73.0 Å². The molecule has 1 heterocycles. The van der Waals surface area contributed by atoms with Crippen molar-refractivity contribution in [1.82, 2.24) is 0 Å². The van der Waals surface area contributed by atoms with Gasteiger partial charge in [0, 0.05) is 55.4 Å². The summed E-state index contributed by atoms with van der Waals surface area (Å²) in [5.74, 6) is 0.550. The Bertz CT molecular complexity index is 697. The van der Waals surface area contributed by atoms with Gasteiger partial charge in [0.25, 0.3) is 0 Å². The first kappa shape index (κ1) is 22.0. The molecular formula is C23H34AcO4. The third-order valence-corrected chi connectivity index (χ3v) is 9.09. The second kappa shape index (κ2) is 7.42. The molecule has 0 amide bonds. The fourth-order valence-electron chi connectivity index (χ4n) is 7.46. The van der Waals surface area contributed by atoms with E-state index in [9.17, 15) is 10.2 Å². The molecule has 5 aliphatic rings. The third kappa shape index (κ3) is 2.94. The molecule has 5 unspecified atom stereocenters. The van der Waals surface area contributed by atoms with E-state index >= 15 is 0 Å². The molecule has 0 aromatic carbocycles. The summed E-state index contributed by atoms with van der Waals surface area (Å²) >= 11 is 0. The minimum absolute atomic E-state index is 0. The van der Waals surface area contributed by atoms with Gasteiger partial charge < -0.3 is 19.7 Å². The Labute approximate surface area is 204 Å². The normalized spacial score (nSPS) is 49.2. The number of rotatable bonds is 1. The second-order valence-electron chi connectivity index (χ2n) is 10.2. The van der Waals surface area contributed by atoms with E-state index in [1.54, 1.807) is 0 Å². The monoisotopic (exact) mass is 601 g/mol. The fraction of sp³-hybridized carbons (Fsp3) is 0.826. The predicted molar refractivity (Wildman–Crippen MR) is 103 cm³/mol. The van der Waals surface area contributed by atoms with Crippen LogP contribution in [0.1, 0.15) is 59.3 Å². The van der Waals surface area contributed by atoms with Crippen LogP contribution in [0.3, 0.4) is 0 Å². The Kier molecular flexibility index (Phi) is 5.82. The molecule has 1 saturated heterocycles. The van der Waals surface area contributed by atoms with Crippen LogP contribution in [-0.2, 0) is 9.47 Å².